The van der Waals surface area contributed by atoms with Crippen LogP contribution in [0.5, 0.6) is 0 Å². The van der Waals surface area contributed by atoms with Crippen molar-refractivity contribution in [1.29, 1.82) is 0 Å². The smallest absolute Gasteiger partial charge is 0.268 e. The lowest BCUT2D eigenvalue weighted by Gasteiger charge is -2.13. The molecule has 2 aromatic carbocycles. The lowest BCUT2D eigenvalue weighted by molar-refractivity contribution is -0.385. The number of hydrogen-bond donors (Lipinski definition) is 0. The number of halogens is 1. The normalized spacial score (nSPS) is 10.9. The molecule has 0 unspecified atom stereocenters. The van der Waals surface area contributed by atoms with E-state index in [9.17, 15) is 14.9 Å². The summed E-state index contributed by atoms with van der Waals surface area (Å²) in [6.45, 7) is 0. The van der Waals surface area contributed by atoms with E-state index in [1.54, 1.807) is 48.5 Å². The van der Waals surface area contributed by atoms with Crippen molar-refractivity contribution in [1.82, 2.24) is 14.5 Å². The van der Waals surface area contributed by atoms with Gasteiger partial charge in [0, 0.05) is 11.1 Å². The zero-order valence-corrected chi connectivity index (χ0v) is 15.7. The van der Waals surface area contributed by atoms with Crippen molar-refractivity contribution in [3.63, 3.8) is 0 Å². The summed E-state index contributed by atoms with van der Waals surface area (Å²) >= 11 is 7.12. The Morgan fingerprint density at radius 1 is 1.04 bits per heavy atom. The van der Waals surface area contributed by atoms with E-state index in [4.69, 9.17) is 11.6 Å². The molecule has 0 aliphatic carbocycles. The van der Waals surface area contributed by atoms with Crippen LogP contribution in [-0.2, 0) is 0 Å². The van der Waals surface area contributed by atoms with Crippen LogP contribution in [0.25, 0.3) is 16.6 Å². The molecule has 0 spiro atoms. The van der Waals surface area contributed by atoms with E-state index < -0.39 is 4.92 Å². The van der Waals surface area contributed by atoms with Crippen molar-refractivity contribution in [2.75, 3.05) is 0 Å². The van der Waals surface area contributed by atoms with Gasteiger partial charge in [0.15, 0.2) is 5.16 Å². The quantitative estimate of drug-likeness (QED) is 0.279. The van der Waals surface area contributed by atoms with Gasteiger partial charge in [-0.05, 0) is 54.2 Å². The van der Waals surface area contributed by atoms with Gasteiger partial charge in [0.2, 0.25) is 0 Å². The molecule has 0 bridgehead atoms. The fourth-order valence-corrected chi connectivity index (χ4v) is 3.61. The van der Waals surface area contributed by atoms with Gasteiger partial charge in [0.25, 0.3) is 11.2 Å². The Morgan fingerprint density at radius 3 is 2.46 bits per heavy atom. The van der Waals surface area contributed by atoms with Crippen molar-refractivity contribution in [3.8, 4) is 5.69 Å². The number of fused-ring (bicyclic) bond motifs is 1. The monoisotopic (exact) mass is 410 g/mol. The molecule has 0 N–H and O–H groups in total. The summed E-state index contributed by atoms with van der Waals surface area (Å²) in [6, 6.07) is 16.8. The van der Waals surface area contributed by atoms with E-state index >= 15 is 0 Å². The van der Waals surface area contributed by atoms with Crippen molar-refractivity contribution >= 4 is 40.0 Å². The van der Waals surface area contributed by atoms with Crippen LogP contribution in [0.3, 0.4) is 0 Å². The third-order valence-electron chi connectivity index (χ3n) is 3.96. The Balaban J connectivity index is 1.88. The van der Waals surface area contributed by atoms with Crippen LogP contribution in [0, 0.1) is 10.1 Å². The number of pyridine rings is 1. The topological polar surface area (TPSA) is 90.9 Å². The third kappa shape index (κ3) is 3.47. The zero-order valence-electron chi connectivity index (χ0n) is 14.2. The predicted octanol–water partition coefficient (Wildman–Crippen LogP) is 4.49. The predicted molar refractivity (Wildman–Crippen MR) is 107 cm³/mol. The summed E-state index contributed by atoms with van der Waals surface area (Å²) in [7, 11) is 0. The van der Waals surface area contributed by atoms with Crippen LogP contribution >= 0.6 is 23.4 Å². The van der Waals surface area contributed by atoms with Crippen molar-refractivity contribution < 1.29 is 4.92 Å². The van der Waals surface area contributed by atoms with Crippen molar-refractivity contribution in [2.24, 2.45) is 0 Å². The molecule has 0 saturated heterocycles. The standard InChI is InChI=1S/C19H11ClN4O3S/c20-12-5-7-13(8-6-12)23-18(25)15-3-1-2-4-16(15)22-19(23)28-17-10-9-14(11-21-17)24(26)27/h1-11H. The molecule has 0 radical (unpaired) electrons. The summed E-state index contributed by atoms with van der Waals surface area (Å²) in [5, 5.41) is 12.7. The van der Waals surface area contributed by atoms with Gasteiger partial charge in [-0.2, -0.15) is 0 Å². The van der Waals surface area contributed by atoms with Crippen molar-refractivity contribution in [3.05, 3.63) is 92.4 Å². The first kappa shape index (κ1) is 18.1. The second kappa shape index (κ2) is 7.41. The first-order valence-corrected chi connectivity index (χ1v) is 9.28. The molecular weight excluding hydrogens is 400 g/mol. The van der Waals surface area contributed by atoms with E-state index in [-0.39, 0.29) is 11.2 Å². The Kier molecular flexibility index (Phi) is 4.81. The number of benzene rings is 2. The summed E-state index contributed by atoms with van der Waals surface area (Å²) < 4.78 is 1.48. The molecule has 4 rings (SSSR count). The van der Waals surface area contributed by atoms with E-state index in [1.165, 1.54) is 22.9 Å². The summed E-state index contributed by atoms with van der Waals surface area (Å²) in [4.78, 5) is 32.1. The Labute approximate surface area is 167 Å². The largest absolute Gasteiger partial charge is 0.287 e. The summed E-state index contributed by atoms with van der Waals surface area (Å²) in [6.07, 6.45) is 1.17. The van der Waals surface area contributed by atoms with Crippen molar-refractivity contribution in [2.45, 2.75) is 10.2 Å². The minimum Gasteiger partial charge on any atom is -0.268 e. The van der Waals surface area contributed by atoms with Gasteiger partial charge in [-0.1, -0.05) is 23.7 Å². The van der Waals surface area contributed by atoms with Crippen LogP contribution in [0.1, 0.15) is 0 Å². The van der Waals surface area contributed by atoms with Crippen LogP contribution in [0.2, 0.25) is 5.02 Å². The van der Waals surface area contributed by atoms with Gasteiger partial charge in [-0.3, -0.25) is 19.5 Å². The molecule has 2 heterocycles. The van der Waals surface area contributed by atoms with Crippen LogP contribution in [-0.4, -0.2) is 19.5 Å². The fraction of sp³-hybridized carbons (Fsp3) is 0. The summed E-state index contributed by atoms with van der Waals surface area (Å²) in [5.74, 6) is 0. The number of aromatic nitrogens is 3. The van der Waals surface area contributed by atoms with Gasteiger partial charge in [-0.15, -0.1) is 0 Å². The van der Waals surface area contributed by atoms with Gasteiger partial charge >= 0.3 is 0 Å². The first-order valence-electron chi connectivity index (χ1n) is 8.09. The molecule has 0 amide bonds. The highest BCUT2D eigenvalue weighted by Crippen LogP contribution is 2.28. The van der Waals surface area contributed by atoms with Crippen LogP contribution in [0.15, 0.2) is 81.8 Å². The minimum atomic E-state index is -0.515. The molecule has 9 heteroatoms. The number of hydrogen-bond acceptors (Lipinski definition) is 6. The highest BCUT2D eigenvalue weighted by atomic mass is 35.5. The molecule has 0 aliphatic rings. The van der Waals surface area contributed by atoms with E-state index in [0.29, 0.717) is 31.8 Å². The molecule has 2 aromatic heterocycles. The molecule has 28 heavy (non-hydrogen) atoms. The van der Waals surface area contributed by atoms with Crippen LogP contribution in [0.4, 0.5) is 5.69 Å². The maximum Gasteiger partial charge on any atom is 0.287 e. The van der Waals surface area contributed by atoms with Gasteiger partial charge in [0.1, 0.15) is 11.2 Å². The molecule has 0 atom stereocenters. The number of nitrogens with zero attached hydrogens (tertiary/aromatic N) is 4. The molecule has 0 aliphatic heterocycles. The Hall–Kier alpha value is -3.23. The average molecular weight is 411 g/mol. The summed E-state index contributed by atoms with van der Waals surface area (Å²) in [5.41, 5.74) is 0.836. The zero-order chi connectivity index (χ0) is 19.7. The second-order valence-electron chi connectivity index (χ2n) is 5.74. The minimum absolute atomic E-state index is 0.106. The van der Waals surface area contributed by atoms with Gasteiger partial charge in [0.05, 0.1) is 21.5 Å². The maximum absolute atomic E-state index is 13.1. The third-order valence-corrected chi connectivity index (χ3v) is 5.12. The van der Waals surface area contributed by atoms with Gasteiger partial charge in [-0.25, -0.2) is 9.97 Å². The highest BCUT2D eigenvalue weighted by molar-refractivity contribution is 7.99. The molecule has 0 fully saturated rings. The Morgan fingerprint density at radius 2 is 1.79 bits per heavy atom. The van der Waals surface area contributed by atoms with E-state index in [1.807, 2.05) is 0 Å². The Bertz CT molecular complexity index is 1240. The second-order valence-corrected chi connectivity index (χ2v) is 7.17. The molecular formula is C19H11ClN4O3S. The van der Waals surface area contributed by atoms with E-state index in [2.05, 4.69) is 9.97 Å². The van der Waals surface area contributed by atoms with Crippen LogP contribution < -0.4 is 5.56 Å². The maximum atomic E-state index is 13.1. The number of nitro groups is 1. The molecule has 4 aromatic rings. The average Bonchev–Trinajstić information content (AvgIpc) is 2.70. The molecule has 7 nitrogen and oxygen atoms in total. The molecule has 0 saturated carbocycles. The number of rotatable bonds is 4. The molecule has 138 valence electrons. The SMILES string of the molecule is O=c1c2ccccc2nc(Sc2ccc([N+](=O)[O-])cn2)n1-c1ccc(Cl)cc1. The first-order chi connectivity index (χ1) is 13.5. The highest BCUT2D eigenvalue weighted by Gasteiger charge is 2.15. The lowest BCUT2D eigenvalue weighted by Crippen LogP contribution is -2.21. The van der Waals surface area contributed by atoms with E-state index in [0.717, 1.165) is 11.8 Å². The van der Waals surface area contributed by atoms with Gasteiger partial charge < -0.3 is 0 Å². The fourth-order valence-electron chi connectivity index (χ4n) is 2.63. The number of para-hydroxylation sites is 1. The lowest BCUT2D eigenvalue weighted by atomic mass is 10.2.